The standard InChI is InChI=1S/C38H42N7O9P/c1-4-50-55(51-5-2)52-21-20-25-11-17-29(18-12-25)53-37(49)30-8-6-7-9-31(30)54-32(46)19-10-24(3)42-35(47)26-13-15-27(16-14-26)40-22-28-23-41-34-33(43-28)36(48)45-38(39)44-34/h6-9,11-18,23-24,40H,4-5,10,19-22H2,1-3H3,(H,42,47)(H3,39,41,44,45,48)/t24-/m1/s1. The first-order chi connectivity index (χ1) is 26.6. The molecule has 5 aromatic rings. The predicted octanol–water partition coefficient (Wildman–Crippen LogP) is 5.49. The number of H-pyrrole nitrogens is 1. The lowest BCUT2D eigenvalue weighted by Crippen LogP contribution is -2.33. The molecule has 0 radical (unpaired) electrons. The van der Waals surface area contributed by atoms with Gasteiger partial charge in [-0.2, -0.15) is 4.98 Å². The molecule has 2 aromatic heterocycles. The summed E-state index contributed by atoms with van der Waals surface area (Å²) in [5, 5.41) is 6.06. The second-order valence-corrected chi connectivity index (χ2v) is 13.2. The molecular weight excluding hydrogens is 729 g/mol. The van der Waals surface area contributed by atoms with E-state index in [1.54, 1.807) is 55.5 Å². The molecule has 17 heteroatoms. The molecule has 2 heterocycles. The Morgan fingerprint density at radius 2 is 1.64 bits per heavy atom. The molecule has 16 nitrogen and oxygen atoms in total. The van der Waals surface area contributed by atoms with E-state index in [0.717, 1.165) is 5.56 Å². The van der Waals surface area contributed by atoms with Crippen molar-refractivity contribution in [1.82, 2.24) is 25.3 Å². The summed E-state index contributed by atoms with van der Waals surface area (Å²) < 4.78 is 27.7. The van der Waals surface area contributed by atoms with Gasteiger partial charge in [0.2, 0.25) is 5.95 Å². The summed E-state index contributed by atoms with van der Waals surface area (Å²) in [4.78, 5) is 65.6. The van der Waals surface area contributed by atoms with Crippen molar-refractivity contribution < 1.29 is 37.4 Å². The molecule has 5 N–H and O–H groups in total. The van der Waals surface area contributed by atoms with Crippen LogP contribution in [0.4, 0.5) is 11.6 Å². The van der Waals surface area contributed by atoms with E-state index in [9.17, 15) is 19.2 Å². The van der Waals surface area contributed by atoms with Crippen LogP contribution < -0.4 is 31.4 Å². The maximum absolute atomic E-state index is 13.0. The summed E-state index contributed by atoms with van der Waals surface area (Å²) in [6.07, 6.45) is 2.40. The van der Waals surface area contributed by atoms with Gasteiger partial charge in [-0.3, -0.25) is 19.4 Å². The second kappa shape index (κ2) is 20.0. The maximum atomic E-state index is 13.0. The zero-order chi connectivity index (χ0) is 39.2. The fraction of sp³-hybridized carbons (Fsp3) is 0.289. The third kappa shape index (κ3) is 12.1. The minimum Gasteiger partial charge on any atom is -0.426 e. The van der Waals surface area contributed by atoms with Gasteiger partial charge < -0.3 is 39.4 Å². The number of anilines is 2. The largest absolute Gasteiger partial charge is 0.426 e. The first-order valence-corrected chi connectivity index (χ1v) is 18.7. The van der Waals surface area contributed by atoms with Crippen LogP contribution >= 0.6 is 8.60 Å². The number of carbonyl (C=O) groups is 3. The van der Waals surface area contributed by atoms with Crippen molar-refractivity contribution in [3.05, 3.63) is 112 Å². The van der Waals surface area contributed by atoms with E-state index < -0.39 is 26.1 Å². The van der Waals surface area contributed by atoms with Gasteiger partial charge in [-0.1, -0.05) is 24.3 Å². The van der Waals surface area contributed by atoms with Gasteiger partial charge in [0.05, 0.1) is 38.3 Å². The summed E-state index contributed by atoms with van der Waals surface area (Å²) in [6, 6.07) is 19.8. The third-order valence-corrected chi connectivity index (χ3v) is 9.12. The number of nitrogens with zero attached hydrogens (tertiary/aromatic N) is 3. The molecule has 0 saturated carbocycles. The number of amides is 1. The highest BCUT2D eigenvalue weighted by Gasteiger charge is 2.19. The number of aromatic amines is 1. The van der Waals surface area contributed by atoms with Gasteiger partial charge in [-0.25, -0.2) is 14.8 Å². The predicted molar refractivity (Wildman–Crippen MR) is 206 cm³/mol. The van der Waals surface area contributed by atoms with Gasteiger partial charge in [0.25, 0.3) is 11.5 Å². The number of esters is 2. The van der Waals surface area contributed by atoms with E-state index in [4.69, 9.17) is 28.8 Å². The van der Waals surface area contributed by atoms with Gasteiger partial charge in [0, 0.05) is 23.7 Å². The molecule has 0 aliphatic carbocycles. The van der Waals surface area contributed by atoms with Crippen LogP contribution in [0.2, 0.25) is 0 Å². The molecule has 0 saturated heterocycles. The lowest BCUT2D eigenvalue weighted by molar-refractivity contribution is -0.134. The summed E-state index contributed by atoms with van der Waals surface area (Å²) in [7, 11) is -1.38. The summed E-state index contributed by atoms with van der Waals surface area (Å²) in [5.41, 5.74) is 8.03. The topological polar surface area (TPSA) is 219 Å². The average Bonchev–Trinajstić information content (AvgIpc) is 3.17. The number of nitrogens with two attached hydrogens (primary N) is 1. The molecule has 55 heavy (non-hydrogen) atoms. The Hall–Kier alpha value is -5.80. The van der Waals surface area contributed by atoms with Gasteiger partial charge in [-0.15, -0.1) is 0 Å². The quantitative estimate of drug-likeness (QED) is 0.0464. The van der Waals surface area contributed by atoms with E-state index >= 15 is 0 Å². The third-order valence-electron chi connectivity index (χ3n) is 7.79. The average molecular weight is 772 g/mol. The number of nitrogens with one attached hydrogen (secondary N) is 3. The van der Waals surface area contributed by atoms with Crippen LogP contribution in [-0.4, -0.2) is 63.6 Å². The Kier molecular flexibility index (Phi) is 14.7. The lowest BCUT2D eigenvalue weighted by atomic mass is 10.1. The van der Waals surface area contributed by atoms with Gasteiger partial charge in [-0.05, 0) is 87.7 Å². The Labute approximate surface area is 318 Å². The van der Waals surface area contributed by atoms with Crippen LogP contribution in [0.1, 0.15) is 65.6 Å². The van der Waals surface area contributed by atoms with Gasteiger partial charge in [0.15, 0.2) is 11.2 Å². The number of ether oxygens (including phenoxy) is 2. The van der Waals surface area contributed by atoms with Crippen LogP contribution in [0.25, 0.3) is 11.2 Å². The molecule has 0 fully saturated rings. The minimum atomic E-state index is -1.38. The van der Waals surface area contributed by atoms with Gasteiger partial charge in [0.1, 0.15) is 17.1 Å². The van der Waals surface area contributed by atoms with E-state index in [0.29, 0.717) is 55.4 Å². The smallest absolute Gasteiger partial charge is 0.347 e. The van der Waals surface area contributed by atoms with E-state index in [1.165, 1.54) is 18.3 Å². The molecule has 0 aliphatic rings. The number of fused-ring (bicyclic) bond motifs is 1. The van der Waals surface area contributed by atoms with Crippen molar-refractivity contribution >= 4 is 49.2 Å². The SMILES string of the molecule is CCOP(OCC)OCCc1ccc(OC(=O)c2ccccc2OC(=O)CC[C@@H](C)NC(=O)c2ccc(NCc3cnc4nc(N)[nH]c(=O)c4n3)cc2)cc1. The maximum Gasteiger partial charge on any atom is 0.347 e. The number of rotatable bonds is 19. The van der Waals surface area contributed by atoms with Crippen LogP contribution in [0.5, 0.6) is 11.5 Å². The van der Waals surface area contributed by atoms with E-state index in [-0.39, 0.29) is 53.3 Å². The van der Waals surface area contributed by atoms with Crippen LogP contribution in [0.3, 0.4) is 0 Å². The Balaban J connectivity index is 1.05. The number of nitrogen functional groups attached to an aromatic ring is 1. The van der Waals surface area contributed by atoms with Crippen molar-refractivity contribution in [3.8, 4) is 11.5 Å². The van der Waals surface area contributed by atoms with Crippen LogP contribution in [-0.2, 0) is 31.3 Å². The second-order valence-electron chi connectivity index (χ2n) is 12.0. The first-order valence-electron chi connectivity index (χ1n) is 17.6. The number of hydrogen-bond donors (Lipinski definition) is 4. The Bertz CT molecular complexity index is 2130. The number of benzene rings is 3. The van der Waals surface area contributed by atoms with Crippen molar-refractivity contribution in [2.75, 3.05) is 30.9 Å². The van der Waals surface area contributed by atoms with E-state index in [1.807, 2.05) is 26.0 Å². The van der Waals surface area contributed by atoms with Crippen molar-refractivity contribution in [2.45, 2.75) is 52.6 Å². The van der Waals surface area contributed by atoms with Crippen molar-refractivity contribution in [3.63, 3.8) is 0 Å². The summed E-state index contributed by atoms with van der Waals surface area (Å²) in [5.74, 6) is -1.20. The molecule has 1 atom stereocenters. The van der Waals surface area contributed by atoms with Crippen molar-refractivity contribution in [2.24, 2.45) is 0 Å². The van der Waals surface area contributed by atoms with Crippen LogP contribution in [0, 0.1) is 0 Å². The normalized spacial score (nSPS) is 11.6. The fourth-order valence-corrected chi connectivity index (χ4v) is 5.93. The fourth-order valence-electron chi connectivity index (χ4n) is 5.05. The molecule has 0 aliphatic heterocycles. The number of carbonyl (C=O) groups excluding carboxylic acids is 3. The minimum absolute atomic E-state index is 0.0110. The van der Waals surface area contributed by atoms with Crippen molar-refractivity contribution in [1.29, 1.82) is 0 Å². The Morgan fingerprint density at radius 3 is 2.36 bits per heavy atom. The molecule has 1 amide bonds. The van der Waals surface area contributed by atoms with Gasteiger partial charge >= 0.3 is 20.5 Å². The molecule has 288 valence electrons. The monoisotopic (exact) mass is 771 g/mol. The first kappa shape index (κ1) is 40.4. The highest BCUT2D eigenvalue weighted by molar-refractivity contribution is 7.41. The molecule has 5 rings (SSSR count). The molecular formula is C38H42N7O9P. The number of hydrogen-bond acceptors (Lipinski definition) is 14. The molecule has 0 bridgehead atoms. The highest BCUT2D eigenvalue weighted by Crippen LogP contribution is 2.39. The van der Waals surface area contributed by atoms with Crippen LogP contribution in [0.15, 0.2) is 83.8 Å². The Morgan fingerprint density at radius 1 is 0.909 bits per heavy atom. The molecule has 0 unspecified atom stereocenters. The summed E-state index contributed by atoms with van der Waals surface area (Å²) >= 11 is 0. The highest BCUT2D eigenvalue weighted by atomic mass is 31.2. The zero-order valence-corrected chi connectivity index (χ0v) is 31.5. The van der Waals surface area contributed by atoms with E-state index in [2.05, 4.69) is 30.6 Å². The summed E-state index contributed by atoms with van der Waals surface area (Å²) in [6.45, 7) is 7.22. The number of para-hydroxylation sites is 1. The molecule has 3 aromatic carbocycles. The number of aromatic nitrogens is 4. The molecule has 0 spiro atoms. The lowest BCUT2D eigenvalue weighted by Gasteiger charge is -2.15. The zero-order valence-electron chi connectivity index (χ0n) is 30.6.